The number of alkyl carbamates (subject to hydrolysis) is 2. The molecule has 0 unspecified atom stereocenters. The van der Waals surface area contributed by atoms with Crippen molar-refractivity contribution in [3.8, 4) is 46.5 Å². The number of anilines is 4. The molecule has 0 fully saturated rings. The molecule has 0 radical (unpaired) electrons. The van der Waals surface area contributed by atoms with E-state index in [0.29, 0.717) is 126 Å². The lowest BCUT2D eigenvalue weighted by molar-refractivity contribution is -0.143. The number of aliphatic hydroxyl groups is 2. The van der Waals surface area contributed by atoms with E-state index < -0.39 is 35.3 Å². The molecule has 6 amide bonds. The normalized spacial score (nSPS) is 13.3. The Balaban J connectivity index is 0.000000190. The summed E-state index contributed by atoms with van der Waals surface area (Å²) < 4.78 is 44.1. The summed E-state index contributed by atoms with van der Waals surface area (Å²) in [5.74, 6) is 2.57. The molecule has 34 nitrogen and oxygen atoms in total. The molecule has 0 aliphatic carbocycles. The lowest BCUT2D eigenvalue weighted by Crippen LogP contribution is -2.39. The predicted octanol–water partition coefficient (Wildman–Crippen LogP) is 8.69. The number of hydrogen-bond acceptors (Lipinski definition) is 28. The molecule has 8 aromatic rings. The Labute approximate surface area is 658 Å². The highest BCUT2D eigenvalue weighted by Gasteiger charge is 2.33. The number of nitrogens with two attached hydrogens (primary N) is 2. The van der Waals surface area contributed by atoms with E-state index in [2.05, 4.69) is 50.5 Å². The number of halogens is 1. The van der Waals surface area contributed by atoms with Gasteiger partial charge in [0.25, 0.3) is 0 Å². The van der Waals surface area contributed by atoms with Gasteiger partial charge in [0, 0.05) is 98.4 Å². The number of rotatable bonds is 24. The van der Waals surface area contributed by atoms with Crippen molar-refractivity contribution in [1.29, 1.82) is 0 Å². The summed E-state index contributed by atoms with van der Waals surface area (Å²) >= 11 is 0. The molecular formula is C78H93ClN16O18. The largest absolute Gasteiger partial charge is 0.465 e. The average Bonchev–Trinajstić information content (AvgIpc) is 0.803. The number of esters is 2. The third-order valence-corrected chi connectivity index (χ3v) is 16.7. The van der Waals surface area contributed by atoms with Crippen LogP contribution in [0.4, 0.5) is 32.3 Å². The molecule has 35 heteroatoms. The van der Waals surface area contributed by atoms with E-state index in [4.69, 9.17) is 49.4 Å². The number of carbonyl (C=O) groups excluding carboxylic acids is 8. The number of nitrogens with one attached hydrogen (secondary N) is 2. The molecule has 8 N–H and O–H groups in total. The minimum atomic E-state index is -0.598. The van der Waals surface area contributed by atoms with Gasteiger partial charge in [-0.05, 0) is 130 Å². The van der Waals surface area contributed by atoms with Crippen molar-refractivity contribution >= 4 is 82.9 Å². The van der Waals surface area contributed by atoms with Crippen LogP contribution in [0.1, 0.15) is 126 Å². The van der Waals surface area contributed by atoms with Crippen molar-refractivity contribution in [2.75, 3.05) is 72.2 Å². The third kappa shape index (κ3) is 24.9. The van der Waals surface area contributed by atoms with Crippen LogP contribution >= 0.6 is 12.4 Å². The van der Waals surface area contributed by atoms with Gasteiger partial charge in [-0.2, -0.15) is 0 Å². The second-order valence-corrected chi connectivity index (χ2v) is 27.0. The average molecular weight is 1580 g/mol. The fourth-order valence-electron chi connectivity index (χ4n) is 11.9. The van der Waals surface area contributed by atoms with Gasteiger partial charge in [0.05, 0.1) is 85.0 Å². The highest BCUT2D eigenvalue weighted by Crippen LogP contribution is 2.41. The van der Waals surface area contributed by atoms with Crippen LogP contribution in [0.15, 0.2) is 122 Å². The molecule has 0 saturated heterocycles. The zero-order valence-corrected chi connectivity index (χ0v) is 64.9. The van der Waals surface area contributed by atoms with Crippen LogP contribution in [0.2, 0.25) is 0 Å². The van der Waals surface area contributed by atoms with Crippen molar-refractivity contribution < 1.29 is 86.5 Å². The third-order valence-electron chi connectivity index (χ3n) is 16.7. The number of carbonyl (C=O) groups is 8. The minimum absolute atomic E-state index is 0. The molecular weight excluding hydrogens is 1480 g/mol. The van der Waals surface area contributed by atoms with E-state index in [1.165, 1.54) is 35.1 Å². The summed E-state index contributed by atoms with van der Waals surface area (Å²) in [6, 6.07) is 28.3. The molecule has 4 aromatic heterocycles. The Bertz CT molecular complexity index is 4660. The first-order valence-electron chi connectivity index (χ1n) is 36.3. The summed E-state index contributed by atoms with van der Waals surface area (Å²) in [6.45, 7) is 15.6. The molecule has 12 rings (SSSR count). The minimum Gasteiger partial charge on any atom is -0.465 e. The molecule has 4 aromatic carbocycles. The lowest BCUT2D eigenvalue weighted by Gasteiger charge is -2.29. The standard InChI is InChI=1S/C23H28N4O6.C21H26N4O5.C18H20N4O4.C16H18N4O3.ClH/c1-5-31-21(29)13-27-17-7-6-8-18(16(17)9-10-20(27)28)32-19-11-15(25-14-26-19)12-24-22(30)33-23(2,3)4;1-21(2,3)30-20(28)22-12-14-11-18(24-13-23-14)29-17-6-4-5-16-15(17)7-8-19(27)25(16)9-10-26;1-2-25-18(24)10-22-14-4-3-5-15(13(14)6-7-17(22)23)26-16-8-12(9-19)20-11-21-16;17-9-11-8-15(19-10-18-11)23-14-3-1-2-13-12(14)4-5-16(22)20(13)6-7-21;/h6-8,11,14H,5,9-10,12-13H2,1-4H3,(H,24,30);4-6,11,13,26H,7-10,12H2,1-3H3,(H,22,28);3-5,8,11H,2,6-7,9-10,19H2,1H3;1-3,8,10,21H,4-7,9,17H2;1H. The van der Waals surface area contributed by atoms with Gasteiger partial charge in [0.15, 0.2) is 0 Å². The summed E-state index contributed by atoms with van der Waals surface area (Å²) in [5.41, 5.74) is 18.7. The van der Waals surface area contributed by atoms with E-state index in [1.54, 1.807) is 132 Å². The van der Waals surface area contributed by atoms with Crippen molar-refractivity contribution in [3.63, 3.8) is 0 Å². The number of benzene rings is 4. The molecule has 8 heterocycles. The van der Waals surface area contributed by atoms with Crippen LogP contribution in [-0.2, 0) is 99.6 Å². The van der Waals surface area contributed by atoms with Gasteiger partial charge in [0.1, 0.15) is 72.6 Å². The first-order chi connectivity index (χ1) is 53.8. The highest BCUT2D eigenvalue weighted by molar-refractivity contribution is 6.02. The van der Waals surface area contributed by atoms with Gasteiger partial charge >= 0.3 is 24.1 Å². The summed E-state index contributed by atoms with van der Waals surface area (Å²) in [7, 11) is 0. The molecule has 0 bridgehead atoms. The Morgan fingerprint density at radius 2 is 0.690 bits per heavy atom. The SMILES string of the molecule is CC(C)(C)OC(=O)NCc1cc(Oc2cccc3c2CCC(=O)N3CCO)ncn1.CCOC(=O)CN1C(=O)CCc2c(Oc3cc(CN)ncn3)cccc21.CCOC(=O)CN1C(=O)CCc2c(Oc3cc(CNC(=O)OC(C)(C)C)ncn3)cccc21.Cl.NCc1cc(Oc2cccc3c2CCC(=O)N3CCO)ncn1. The topological polar surface area (TPSA) is 443 Å². The van der Waals surface area contributed by atoms with Gasteiger partial charge in [0.2, 0.25) is 47.1 Å². The fraction of sp³-hybridized carbons (Fsp3) is 0.385. The number of amides is 6. The molecule has 4 aliphatic heterocycles. The maximum atomic E-state index is 12.4. The van der Waals surface area contributed by atoms with Crippen molar-refractivity contribution in [2.24, 2.45) is 11.5 Å². The Morgan fingerprint density at radius 3 is 0.965 bits per heavy atom. The van der Waals surface area contributed by atoms with E-state index >= 15 is 0 Å². The van der Waals surface area contributed by atoms with Crippen LogP contribution in [0.5, 0.6) is 46.5 Å². The quantitative estimate of drug-likeness (QED) is 0.0243. The fourth-order valence-corrected chi connectivity index (χ4v) is 11.9. The summed E-state index contributed by atoms with van der Waals surface area (Å²) in [6.07, 6.45) is 7.86. The molecule has 600 valence electrons. The van der Waals surface area contributed by atoms with Crippen LogP contribution < -0.4 is 60.6 Å². The maximum absolute atomic E-state index is 12.4. The lowest BCUT2D eigenvalue weighted by atomic mass is 10.00. The Kier molecular flexibility index (Phi) is 31.6. The number of aromatic nitrogens is 8. The smallest absolute Gasteiger partial charge is 0.407 e. The van der Waals surface area contributed by atoms with Gasteiger partial charge in [-0.1, -0.05) is 24.3 Å². The van der Waals surface area contributed by atoms with Crippen molar-refractivity contribution in [1.82, 2.24) is 50.5 Å². The van der Waals surface area contributed by atoms with Gasteiger partial charge < -0.3 is 89.8 Å². The number of nitrogens with zero attached hydrogens (tertiary/aromatic N) is 12. The number of ether oxygens (including phenoxy) is 8. The van der Waals surface area contributed by atoms with Crippen LogP contribution in [-0.4, -0.2) is 162 Å². The summed E-state index contributed by atoms with van der Waals surface area (Å²) in [4.78, 5) is 135. The van der Waals surface area contributed by atoms with E-state index in [0.717, 1.165) is 33.6 Å². The predicted molar refractivity (Wildman–Crippen MR) is 414 cm³/mol. The monoisotopic (exact) mass is 1580 g/mol. The van der Waals surface area contributed by atoms with Crippen LogP contribution in [0, 0.1) is 0 Å². The zero-order valence-electron chi connectivity index (χ0n) is 64.0. The number of β-amino-alcohol motifs (C(OH)–C–C–N with tert-alkyl or cyclic N) is 2. The first kappa shape index (κ1) is 86.5. The maximum Gasteiger partial charge on any atom is 0.407 e. The van der Waals surface area contributed by atoms with E-state index in [1.807, 2.05) is 30.3 Å². The zero-order chi connectivity index (χ0) is 80.5. The molecule has 113 heavy (non-hydrogen) atoms. The number of aliphatic hydroxyl groups excluding tert-OH is 2. The van der Waals surface area contributed by atoms with Crippen molar-refractivity contribution in [3.05, 3.63) is 167 Å². The first-order valence-corrected chi connectivity index (χ1v) is 36.3. The second-order valence-electron chi connectivity index (χ2n) is 27.0. The Morgan fingerprint density at radius 1 is 0.416 bits per heavy atom. The molecule has 0 saturated carbocycles. The van der Waals surface area contributed by atoms with E-state index in [-0.39, 0.29) is 121 Å². The summed E-state index contributed by atoms with van der Waals surface area (Å²) in [5, 5.41) is 23.7. The number of fused-ring (bicyclic) bond motifs is 4. The molecule has 4 aliphatic rings. The van der Waals surface area contributed by atoms with Gasteiger partial charge in [-0.25, -0.2) is 49.5 Å². The van der Waals surface area contributed by atoms with Gasteiger partial charge in [-0.15, -0.1) is 12.4 Å². The van der Waals surface area contributed by atoms with Crippen molar-refractivity contribution in [2.45, 2.75) is 144 Å². The number of hydrogen-bond donors (Lipinski definition) is 6. The molecule has 0 atom stereocenters. The van der Waals surface area contributed by atoms with E-state index in [9.17, 15) is 48.6 Å². The van der Waals surface area contributed by atoms with Crippen LogP contribution in [0.3, 0.4) is 0 Å². The van der Waals surface area contributed by atoms with Crippen LogP contribution in [0.25, 0.3) is 0 Å². The molecule has 0 spiro atoms. The second kappa shape index (κ2) is 41.2. The van der Waals surface area contributed by atoms with Gasteiger partial charge in [-0.3, -0.25) is 28.8 Å². The Hall–Kier alpha value is -12.1. The highest BCUT2D eigenvalue weighted by atomic mass is 35.5.